The molecular formula is C17H18N2O3S2. The van der Waals surface area contributed by atoms with Gasteiger partial charge in [0, 0.05) is 22.6 Å². The van der Waals surface area contributed by atoms with Gasteiger partial charge in [0.1, 0.15) is 0 Å². The maximum Gasteiger partial charge on any atom is 0.339 e. The first-order chi connectivity index (χ1) is 11.6. The fourth-order valence-corrected chi connectivity index (χ4v) is 3.48. The maximum atomic E-state index is 12.2. The number of hydrogen-bond acceptors (Lipinski definition) is 6. The van der Waals surface area contributed by atoms with Crippen molar-refractivity contribution in [2.75, 3.05) is 13.2 Å². The summed E-state index contributed by atoms with van der Waals surface area (Å²) in [6.07, 6.45) is 1.56. The van der Waals surface area contributed by atoms with Crippen LogP contribution in [0.2, 0.25) is 0 Å². The second kappa shape index (κ2) is 9.24. The number of nitrogens with one attached hydrogen (secondary N) is 1. The lowest BCUT2D eigenvalue weighted by atomic mass is 10.2. The van der Waals surface area contributed by atoms with Crippen LogP contribution in [-0.4, -0.2) is 30.0 Å². The zero-order valence-corrected chi connectivity index (χ0v) is 14.9. The van der Waals surface area contributed by atoms with Crippen LogP contribution in [0.25, 0.3) is 0 Å². The Morgan fingerprint density at radius 3 is 2.92 bits per heavy atom. The molecule has 1 aromatic carbocycles. The number of carbonyl (C=O) groups is 2. The molecule has 0 radical (unpaired) electrons. The van der Waals surface area contributed by atoms with Crippen LogP contribution in [0.3, 0.4) is 0 Å². The number of carbonyl (C=O) groups excluding carboxylic acids is 2. The van der Waals surface area contributed by atoms with E-state index < -0.39 is 5.97 Å². The average molecular weight is 362 g/mol. The first-order valence-electron chi connectivity index (χ1n) is 7.27. The topological polar surface area (TPSA) is 68.3 Å². The van der Waals surface area contributed by atoms with Crippen LogP contribution in [-0.2, 0) is 15.3 Å². The summed E-state index contributed by atoms with van der Waals surface area (Å²) in [6, 6.07) is 7.19. The Kier molecular flexibility index (Phi) is 7.02. The molecule has 1 N–H and O–H groups in total. The summed E-state index contributed by atoms with van der Waals surface area (Å²) in [5, 5.41) is 5.58. The van der Waals surface area contributed by atoms with Gasteiger partial charge in [-0.15, -0.1) is 29.7 Å². The molecule has 0 saturated carbocycles. The third-order valence-corrected chi connectivity index (χ3v) is 4.86. The largest absolute Gasteiger partial charge is 0.452 e. The summed E-state index contributed by atoms with van der Waals surface area (Å²) in [6.45, 7) is 5.50. The maximum absolute atomic E-state index is 12.2. The molecule has 24 heavy (non-hydrogen) atoms. The summed E-state index contributed by atoms with van der Waals surface area (Å²) >= 11 is 3.12. The van der Waals surface area contributed by atoms with E-state index in [2.05, 4.69) is 16.9 Å². The molecule has 1 heterocycles. The number of nitrogens with zero attached hydrogens (tertiary/aromatic N) is 1. The molecule has 0 aliphatic rings. The molecule has 0 spiro atoms. The van der Waals surface area contributed by atoms with Gasteiger partial charge < -0.3 is 10.1 Å². The number of thioether (sulfide) groups is 1. The standard InChI is InChI=1S/C17H18N2O3S2/c1-3-8-18-16(20)9-22-17(21)14-6-4-5-7-15(14)24-11-13-10-23-12(2)19-13/h3-7,10H,1,8-9,11H2,2H3,(H,18,20). The summed E-state index contributed by atoms with van der Waals surface area (Å²) in [7, 11) is 0. The van der Waals surface area contributed by atoms with E-state index in [-0.39, 0.29) is 12.5 Å². The van der Waals surface area contributed by atoms with Crippen LogP contribution in [0.1, 0.15) is 21.1 Å². The summed E-state index contributed by atoms with van der Waals surface area (Å²) < 4.78 is 5.07. The van der Waals surface area contributed by atoms with Crippen molar-refractivity contribution in [3.05, 3.63) is 58.6 Å². The first kappa shape index (κ1) is 18.2. The molecule has 1 amide bonds. The van der Waals surface area contributed by atoms with Crippen LogP contribution in [0.5, 0.6) is 0 Å². The fraction of sp³-hybridized carbons (Fsp3) is 0.235. The lowest BCUT2D eigenvalue weighted by Gasteiger charge is -2.09. The van der Waals surface area contributed by atoms with E-state index in [4.69, 9.17) is 4.74 Å². The minimum absolute atomic E-state index is 0.309. The molecule has 1 aromatic heterocycles. The normalized spacial score (nSPS) is 10.2. The molecule has 2 aromatic rings. The Morgan fingerprint density at radius 2 is 2.21 bits per heavy atom. The van der Waals surface area contributed by atoms with Crippen LogP contribution in [0.15, 0.2) is 47.2 Å². The Hall–Kier alpha value is -2.12. The molecule has 0 atom stereocenters. The third kappa shape index (κ3) is 5.50. The van der Waals surface area contributed by atoms with E-state index in [1.165, 1.54) is 11.8 Å². The Bertz CT molecular complexity index is 728. The monoisotopic (exact) mass is 362 g/mol. The Labute approximate surface area is 149 Å². The minimum atomic E-state index is -0.513. The van der Waals surface area contributed by atoms with Gasteiger partial charge in [0.15, 0.2) is 6.61 Å². The predicted molar refractivity (Wildman–Crippen MR) is 96.3 cm³/mol. The smallest absolute Gasteiger partial charge is 0.339 e. The molecule has 2 rings (SSSR count). The van der Waals surface area contributed by atoms with E-state index in [0.717, 1.165) is 15.6 Å². The molecule has 0 bridgehead atoms. The number of aromatic nitrogens is 1. The van der Waals surface area contributed by atoms with E-state index in [1.807, 2.05) is 24.4 Å². The predicted octanol–water partition coefficient (Wildman–Crippen LogP) is 3.20. The van der Waals surface area contributed by atoms with Crippen molar-refractivity contribution in [2.24, 2.45) is 0 Å². The highest BCUT2D eigenvalue weighted by Gasteiger charge is 2.14. The summed E-state index contributed by atoms with van der Waals surface area (Å²) in [5.74, 6) is -0.193. The lowest BCUT2D eigenvalue weighted by molar-refractivity contribution is -0.124. The van der Waals surface area contributed by atoms with Crippen LogP contribution >= 0.6 is 23.1 Å². The van der Waals surface area contributed by atoms with Crippen molar-refractivity contribution in [2.45, 2.75) is 17.6 Å². The van der Waals surface area contributed by atoms with Crippen LogP contribution in [0.4, 0.5) is 0 Å². The second-order valence-corrected chi connectivity index (χ2v) is 6.89. The van der Waals surface area contributed by atoms with E-state index in [9.17, 15) is 9.59 Å². The molecule has 0 aliphatic carbocycles. The molecule has 126 valence electrons. The molecule has 7 heteroatoms. The van der Waals surface area contributed by atoms with E-state index in [1.54, 1.807) is 29.5 Å². The number of rotatable bonds is 8. The van der Waals surface area contributed by atoms with Gasteiger partial charge in [0.05, 0.1) is 16.3 Å². The molecular weight excluding hydrogens is 344 g/mol. The van der Waals surface area contributed by atoms with E-state index >= 15 is 0 Å². The Morgan fingerprint density at radius 1 is 1.42 bits per heavy atom. The van der Waals surface area contributed by atoms with Gasteiger partial charge in [-0.1, -0.05) is 18.2 Å². The molecule has 0 fully saturated rings. The second-order valence-electron chi connectivity index (χ2n) is 4.81. The van der Waals surface area contributed by atoms with Crippen molar-refractivity contribution in [3.8, 4) is 0 Å². The molecule has 0 aliphatic heterocycles. The minimum Gasteiger partial charge on any atom is -0.452 e. The van der Waals surface area contributed by atoms with Gasteiger partial charge in [-0.05, 0) is 19.1 Å². The number of benzene rings is 1. The number of hydrogen-bond donors (Lipinski definition) is 1. The number of ether oxygens (including phenoxy) is 1. The Balaban J connectivity index is 1.95. The van der Waals surface area contributed by atoms with Crippen molar-refractivity contribution in [1.29, 1.82) is 0 Å². The van der Waals surface area contributed by atoms with Gasteiger partial charge in [-0.25, -0.2) is 9.78 Å². The molecule has 0 saturated heterocycles. The highest BCUT2D eigenvalue weighted by atomic mass is 32.2. The zero-order valence-electron chi connectivity index (χ0n) is 13.3. The van der Waals surface area contributed by atoms with Crippen molar-refractivity contribution in [3.63, 3.8) is 0 Å². The third-order valence-electron chi connectivity index (χ3n) is 2.93. The number of aryl methyl sites for hydroxylation is 1. The van der Waals surface area contributed by atoms with Crippen molar-refractivity contribution >= 4 is 35.0 Å². The highest BCUT2D eigenvalue weighted by molar-refractivity contribution is 7.98. The first-order valence-corrected chi connectivity index (χ1v) is 9.14. The quantitative estimate of drug-likeness (QED) is 0.444. The van der Waals surface area contributed by atoms with Crippen molar-refractivity contribution in [1.82, 2.24) is 10.3 Å². The number of amides is 1. The zero-order chi connectivity index (χ0) is 17.4. The summed E-state index contributed by atoms with van der Waals surface area (Å²) in [5.41, 5.74) is 1.43. The number of thiazole rings is 1. The van der Waals surface area contributed by atoms with Crippen LogP contribution < -0.4 is 5.32 Å². The molecule has 5 nitrogen and oxygen atoms in total. The average Bonchev–Trinajstić information content (AvgIpc) is 3.01. The number of esters is 1. The van der Waals surface area contributed by atoms with Gasteiger partial charge in [-0.2, -0.15) is 0 Å². The van der Waals surface area contributed by atoms with Crippen LogP contribution in [0, 0.1) is 6.92 Å². The van der Waals surface area contributed by atoms with Gasteiger partial charge >= 0.3 is 5.97 Å². The lowest BCUT2D eigenvalue weighted by Crippen LogP contribution is -2.28. The van der Waals surface area contributed by atoms with E-state index in [0.29, 0.717) is 17.9 Å². The SMILES string of the molecule is C=CCNC(=O)COC(=O)c1ccccc1SCc1csc(C)n1. The van der Waals surface area contributed by atoms with Gasteiger partial charge in [-0.3, -0.25) is 4.79 Å². The molecule has 0 unspecified atom stereocenters. The highest BCUT2D eigenvalue weighted by Crippen LogP contribution is 2.27. The summed E-state index contributed by atoms with van der Waals surface area (Å²) in [4.78, 5) is 28.9. The fourth-order valence-electron chi connectivity index (χ4n) is 1.83. The van der Waals surface area contributed by atoms with Crippen molar-refractivity contribution < 1.29 is 14.3 Å². The van der Waals surface area contributed by atoms with Gasteiger partial charge in [0.2, 0.25) is 0 Å². The van der Waals surface area contributed by atoms with Gasteiger partial charge in [0.25, 0.3) is 5.91 Å².